The first-order valence-electron chi connectivity index (χ1n) is 7.60. The monoisotopic (exact) mass is 239 g/mol. The molecule has 0 saturated carbocycles. The van der Waals surface area contributed by atoms with E-state index in [0.717, 1.165) is 25.8 Å². The molecule has 0 aromatic heterocycles. The van der Waals surface area contributed by atoms with Gasteiger partial charge in [-0.1, -0.05) is 51.9 Å². The number of rotatable bonds is 9. The third-order valence-corrected chi connectivity index (χ3v) is 3.73. The SMILES string of the molecule is CCCCCCCCCC(=O)C1CCCCN1. The average Bonchev–Trinajstić information content (AvgIpc) is 2.38. The summed E-state index contributed by atoms with van der Waals surface area (Å²) < 4.78 is 0. The highest BCUT2D eigenvalue weighted by Gasteiger charge is 2.19. The van der Waals surface area contributed by atoms with Crippen molar-refractivity contribution in [1.82, 2.24) is 5.32 Å². The molecule has 2 nitrogen and oxygen atoms in total. The van der Waals surface area contributed by atoms with E-state index < -0.39 is 0 Å². The van der Waals surface area contributed by atoms with Crippen molar-refractivity contribution in [2.24, 2.45) is 0 Å². The van der Waals surface area contributed by atoms with Crippen LogP contribution in [0.1, 0.15) is 77.6 Å². The van der Waals surface area contributed by atoms with Crippen molar-refractivity contribution in [3.63, 3.8) is 0 Å². The first-order valence-corrected chi connectivity index (χ1v) is 7.60. The summed E-state index contributed by atoms with van der Waals surface area (Å²) in [7, 11) is 0. The maximum Gasteiger partial charge on any atom is 0.149 e. The quantitative estimate of drug-likeness (QED) is 0.619. The molecule has 0 aromatic rings. The highest BCUT2D eigenvalue weighted by Crippen LogP contribution is 2.13. The predicted molar refractivity (Wildman–Crippen MR) is 73.3 cm³/mol. The molecule has 1 N–H and O–H groups in total. The number of piperidine rings is 1. The molecule has 0 aliphatic carbocycles. The molecule has 17 heavy (non-hydrogen) atoms. The van der Waals surface area contributed by atoms with Gasteiger partial charge in [0.2, 0.25) is 0 Å². The van der Waals surface area contributed by atoms with Crippen LogP contribution in [0.3, 0.4) is 0 Å². The van der Waals surface area contributed by atoms with Crippen molar-refractivity contribution in [2.45, 2.75) is 83.6 Å². The molecule has 1 aliphatic heterocycles. The standard InChI is InChI=1S/C15H29NO/c1-2-3-4-5-6-7-8-12-15(17)14-11-9-10-13-16-14/h14,16H,2-13H2,1H3. The van der Waals surface area contributed by atoms with E-state index in [1.54, 1.807) is 0 Å². The number of ketones is 1. The van der Waals surface area contributed by atoms with Crippen LogP contribution >= 0.6 is 0 Å². The normalized spacial score (nSPS) is 20.4. The Bertz CT molecular complexity index is 197. The Labute approximate surface area is 107 Å². The van der Waals surface area contributed by atoms with Crippen LogP contribution in [0.4, 0.5) is 0 Å². The molecular weight excluding hydrogens is 210 g/mol. The minimum Gasteiger partial charge on any atom is -0.307 e. The fraction of sp³-hybridized carbons (Fsp3) is 0.933. The average molecular weight is 239 g/mol. The van der Waals surface area contributed by atoms with Gasteiger partial charge in [-0.25, -0.2) is 0 Å². The molecule has 0 aromatic carbocycles. The fourth-order valence-electron chi connectivity index (χ4n) is 2.56. The first-order chi connectivity index (χ1) is 8.34. The number of unbranched alkanes of at least 4 members (excludes halogenated alkanes) is 6. The lowest BCUT2D eigenvalue weighted by Crippen LogP contribution is -2.40. The van der Waals surface area contributed by atoms with E-state index in [-0.39, 0.29) is 6.04 Å². The molecule has 1 heterocycles. The van der Waals surface area contributed by atoms with Gasteiger partial charge in [0.05, 0.1) is 6.04 Å². The molecule has 1 atom stereocenters. The summed E-state index contributed by atoms with van der Waals surface area (Å²) in [6.07, 6.45) is 13.4. The van der Waals surface area contributed by atoms with E-state index in [0.29, 0.717) is 5.78 Å². The van der Waals surface area contributed by atoms with Gasteiger partial charge >= 0.3 is 0 Å². The summed E-state index contributed by atoms with van der Waals surface area (Å²) in [5, 5.41) is 3.34. The molecular formula is C15H29NO. The lowest BCUT2D eigenvalue weighted by atomic mass is 9.97. The van der Waals surface area contributed by atoms with Crippen LogP contribution in [0.15, 0.2) is 0 Å². The van der Waals surface area contributed by atoms with Gasteiger partial charge in [-0.15, -0.1) is 0 Å². The summed E-state index contributed by atoms with van der Waals surface area (Å²) in [4.78, 5) is 11.9. The topological polar surface area (TPSA) is 29.1 Å². The second-order valence-corrected chi connectivity index (χ2v) is 5.34. The van der Waals surface area contributed by atoms with Crippen molar-refractivity contribution < 1.29 is 4.79 Å². The summed E-state index contributed by atoms with van der Waals surface area (Å²) in [6, 6.07) is 0.184. The molecule has 1 fully saturated rings. The molecule has 2 heteroatoms. The molecule has 0 spiro atoms. The molecule has 0 bridgehead atoms. The zero-order chi connectivity index (χ0) is 12.3. The second kappa shape index (κ2) is 9.64. The van der Waals surface area contributed by atoms with E-state index in [9.17, 15) is 4.79 Å². The zero-order valence-corrected chi connectivity index (χ0v) is 11.5. The molecule has 0 radical (unpaired) electrons. The lowest BCUT2D eigenvalue weighted by molar-refractivity contribution is -0.121. The van der Waals surface area contributed by atoms with Gasteiger partial charge in [-0.05, 0) is 25.8 Å². The van der Waals surface area contributed by atoms with Crippen molar-refractivity contribution >= 4 is 5.78 Å². The Kier molecular flexibility index (Phi) is 8.33. The number of carbonyl (C=O) groups excluding carboxylic acids is 1. The molecule has 1 aliphatic rings. The van der Waals surface area contributed by atoms with Crippen molar-refractivity contribution in [3.8, 4) is 0 Å². The van der Waals surface area contributed by atoms with Gasteiger partial charge in [0, 0.05) is 6.42 Å². The maximum absolute atomic E-state index is 11.9. The van der Waals surface area contributed by atoms with Gasteiger partial charge in [0.15, 0.2) is 0 Å². The van der Waals surface area contributed by atoms with Crippen molar-refractivity contribution in [2.75, 3.05) is 6.54 Å². The van der Waals surface area contributed by atoms with E-state index in [1.807, 2.05) is 0 Å². The second-order valence-electron chi connectivity index (χ2n) is 5.34. The van der Waals surface area contributed by atoms with Crippen LogP contribution in [-0.2, 0) is 4.79 Å². The Morgan fingerprint density at radius 2 is 1.76 bits per heavy atom. The van der Waals surface area contributed by atoms with Gasteiger partial charge in [-0.2, -0.15) is 0 Å². The van der Waals surface area contributed by atoms with Gasteiger partial charge in [0.1, 0.15) is 5.78 Å². The minimum absolute atomic E-state index is 0.184. The van der Waals surface area contributed by atoms with Crippen molar-refractivity contribution in [1.29, 1.82) is 0 Å². The highest BCUT2D eigenvalue weighted by molar-refractivity contribution is 5.84. The van der Waals surface area contributed by atoms with Crippen LogP contribution in [0.5, 0.6) is 0 Å². The predicted octanol–water partition coefficient (Wildman–Crippen LogP) is 3.84. The van der Waals surface area contributed by atoms with Crippen molar-refractivity contribution in [3.05, 3.63) is 0 Å². The summed E-state index contributed by atoms with van der Waals surface area (Å²) in [6.45, 7) is 3.28. The zero-order valence-electron chi connectivity index (χ0n) is 11.5. The largest absolute Gasteiger partial charge is 0.307 e. The third-order valence-electron chi connectivity index (χ3n) is 3.73. The maximum atomic E-state index is 11.9. The summed E-state index contributed by atoms with van der Waals surface area (Å²) in [5.41, 5.74) is 0. The number of nitrogens with one attached hydrogen (secondary N) is 1. The number of hydrogen-bond acceptors (Lipinski definition) is 2. The first kappa shape index (κ1) is 14.7. The van der Waals surface area contributed by atoms with E-state index >= 15 is 0 Å². The summed E-state index contributed by atoms with van der Waals surface area (Å²) in [5.74, 6) is 0.457. The van der Waals surface area contributed by atoms with E-state index in [2.05, 4.69) is 12.2 Å². The van der Waals surface area contributed by atoms with Gasteiger partial charge in [0.25, 0.3) is 0 Å². The molecule has 0 amide bonds. The Morgan fingerprint density at radius 3 is 2.41 bits per heavy atom. The van der Waals surface area contributed by atoms with E-state index in [1.165, 1.54) is 51.4 Å². The molecule has 1 rings (SSSR count). The Hall–Kier alpha value is -0.370. The molecule has 1 saturated heterocycles. The van der Waals surface area contributed by atoms with Gasteiger partial charge < -0.3 is 5.32 Å². The number of carbonyl (C=O) groups is 1. The highest BCUT2D eigenvalue weighted by atomic mass is 16.1. The van der Waals surface area contributed by atoms with Crippen LogP contribution in [-0.4, -0.2) is 18.4 Å². The van der Waals surface area contributed by atoms with Crippen LogP contribution in [0, 0.1) is 0 Å². The molecule has 1 unspecified atom stereocenters. The van der Waals surface area contributed by atoms with Crippen LogP contribution < -0.4 is 5.32 Å². The number of hydrogen-bond donors (Lipinski definition) is 1. The van der Waals surface area contributed by atoms with Crippen LogP contribution in [0.2, 0.25) is 0 Å². The Morgan fingerprint density at radius 1 is 1.06 bits per heavy atom. The Balaban J connectivity index is 1.92. The van der Waals surface area contributed by atoms with E-state index in [4.69, 9.17) is 0 Å². The number of Topliss-reactive ketones (excluding diaryl/α,β-unsaturated/α-hetero) is 1. The minimum atomic E-state index is 0.184. The van der Waals surface area contributed by atoms with Gasteiger partial charge in [-0.3, -0.25) is 4.79 Å². The summed E-state index contributed by atoms with van der Waals surface area (Å²) >= 11 is 0. The van der Waals surface area contributed by atoms with Crippen LogP contribution in [0.25, 0.3) is 0 Å². The third kappa shape index (κ3) is 6.82. The fourth-order valence-corrected chi connectivity index (χ4v) is 2.56. The molecule has 100 valence electrons. The smallest absolute Gasteiger partial charge is 0.149 e. The lowest BCUT2D eigenvalue weighted by Gasteiger charge is -2.22.